The Morgan fingerprint density at radius 2 is 1.71 bits per heavy atom. The number of aryl methyl sites for hydroxylation is 1. The van der Waals surface area contributed by atoms with E-state index < -0.39 is 28.5 Å². The van der Waals surface area contributed by atoms with E-state index in [-0.39, 0.29) is 18.4 Å². The number of halogens is 1. The first-order valence-electron chi connectivity index (χ1n) is 11.2. The predicted molar refractivity (Wildman–Crippen MR) is 137 cm³/mol. The van der Waals surface area contributed by atoms with Gasteiger partial charge in [0.25, 0.3) is 0 Å². The van der Waals surface area contributed by atoms with E-state index in [0.717, 1.165) is 21.7 Å². The normalized spacial score (nSPS) is 12.4. The number of hydrogen-bond donors (Lipinski definition) is 1. The standard InChI is InChI=1S/C25H34ClN3O4S/c1-17(2)14-27-25(31)20(5)28(15-21-10-7-9-18(3)13-21)24(30)16-29(34(6,32)33)23-12-8-11-22(26)19(23)4/h7-13,17,20H,14-16H2,1-6H3,(H,27,31). The Balaban J connectivity index is 2.41. The number of carbonyl (C=O) groups excluding carboxylic acids is 2. The van der Waals surface area contributed by atoms with Gasteiger partial charge in [0.2, 0.25) is 21.8 Å². The largest absolute Gasteiger partial charge is 0.354 e. The first kappa shape index (κ1) is 27.7. The monoisotopic (exact) mass is 507 g/mol. The molecule has 0 aliphatic heterocycles. The quantitative estimate of drug-likeness (QED) is 0.528. The Morgan fingerprint density at radius 3 is 2.29 bits per heavy atom. The highest BCUT2D eigenvalue weighted by molar-refractivity contribution is 7.92. The Bertz CT molecular complexity index is 1130. The molecule has 2 aromatic carbocycles. The maximum atomic E-state index is 13.6. The molecule has 7 nitrogen and oxygen atoms in total. The lowest BCUT2D eigenvalue weighted by Crippen LogP contribution is -2.51. The van der Waals surface area contributed by atoms with Crippen molar-refractivity contribution in [3.05, 3.63) is 64.2 Å². The summed E-state index contributed by atoms with van der Waals surface area (Å²) in [6.45, 7) is 9.46. The molecule has 0 heterocycles. The summed E-state index contributed by atoms with van der Waals surface area (Å²) in [5, 5.41) is 3.26. The second-order valence-electron chi connectivity index (χ2n) is 8.98. The van der Waals surface area contributed by atoms with Gasteiger partial charge >= 0.3 is 0 Å². The minimum absolute atomic E-state index is 0.170. The maximum absolute atomic E-state index is 13.6. The SMILES string of the molecule is Cc1cccc(CN(C(=O)CN(c2cccc(Cl)c2C)S(C)(=O)=O)C(C)C(=O)NCC(C)C)c1. The fourth-order valence-corrected chi connectivity index (χ4v) is 4.57. The van der Waals surface area contributed by atoms with Crippen molar-refractivity contribution in [2.24, 2.45) is 5.92 Å². The van der Waals surface area contributed by atoms with Gasteiger partial charge in [-0.1, -0.05) is 61.3 Å². The van der Waals surface area contributed by atoms with Crippen LogP contribution < -0.4 is 9.62 Å². The molecule has 0 radical (unpaired) electrons. The number of nitrogens with one attached hydrogen (secondary N) is 1. The molecule has 0 spiro atoms. The van der Waals surface area contributed by atoms with Gasteiger partial charge in [-0.15, -0.1) is 0 Å². The van der Waals surface area contributed by atoms with Crippen LogP contribution >= 0.6 is 11.6 Å². The molecule has 0 aliphatic carbocycles. The van der Waals surface area contributed by atoms with Gasteiger partial charge in [-0.3, -0.25) is 13.9 Å². The van der Waals surface area contributed by atoms with Crippen LogP contribution in [0.2, 0.25) is 5.02 Å². The summed E-state index contributed by atoms with van der Waals surface area (Å²) >= 11 is 6.21. The second kappa shape index (κ2) is 11.7. The number of nitrogens with zero attached hydrogens (tertiary/aromatic N) is 2. The number of benzene rings is 2. The Hall–Kier alpha value is -2.58. The van der Waals surface area contributed by atoms with Crippen molar-refractivity contribution >= 4 is 39.1 Å². The lowest BCUT2D eigenvalue weighted by Gasteiger charge is -2.32. The third kappa shape index (κ3) is 7.46. The topological polar surface area (TPSA) is 86.8 Å². The summed E-state index contributed by atoms with van der Waals surface area (Å²) in [7, 11) is -3.81. The van der Waals surface area contributed by atoms with Gasteiger partial charge in [0, 0.05) is 18.1 Å². The van der Waals surface area contributed by atoms with Crippen LogP contribution in [0.3, 0.4) is 0 Å². The number of hydrogen-bond acceptors (Lipinski definition) is 4. The van der Waals surface area contributed by atoms with Crippen LogP contribution in [0.4, 0.5) is 5.69 Å². The lowest BCUT2D eigenvalue weighted by atomic mass is 10.1. The third-order valence-electron chi connectivity index (χ3n) is 5.47. The number of amides is 2. The lowest BCUT2D eigenvalue weighted by molar-refractivity contribution is -0.139. The van der Waals surface area contributed by atoms with Crippen molar-refractivity contribution in [2.45, 2.75) is 47.2 Å². The van der Waals surface area contributed by atoms with E-state index in [1.54, 1.807) is 32.0 Å². The molecule has 0 aromatic heterocycles. The third-order valence-corrected chi connectivity index (χ3v) is 7.01. The maximum Gasteiger partial charge on any atom is 0.244 e. The van der Waals surface area contributed by atoms with Crippen LogP contribution in [0.15, 0.2) is 42.5 Å². The van der Waals surface area contributed by atoms with Crippen LogP contribution in [0, 0.1) is 19.8 Å². The molecular weight excluding hydrogens is 474 g/mol. The van der Waals surface area contributed by atoms with Crippen molar-refractivity contribution in [1.29, 1.82) is 0 Å². The van der Waals surface area contributed by atoms with E-state index in [1.165, 1.54) is 4.90 Å². The molecule has 1 atom stereocenters. The van der Waals surface area contributed by atoms with Crippen LogP contribution in [0.1, 0.15) is 37.5 Å². The zero-order valence-electron chi connectivity index (χ0n) is 20.6. The van der Waals surface area contributed by atoms with E-state index in [9.17, 15) is 18.0 Å². The summed E-state index contributed by atoms with van der Waals surface area (Å²) in [5.74, 6) is -0.526. The molecule has 2 rings (SSSR count). The van der Waals surface area contributed by atoms with Crippen molar-refractivity contribution in [2.75, 3.05) is 23.7 Å². The minimum atomic E-state index is -3.81. The molecule has 186 valence electrons. The van der Waals surface area contributed by atoms with Gasteiger partial charge in [0.05, 0.1) is 11.9 Å². The van der Waals surface area contributed by atoms with E-state index in [1.807, 2.05) is 45.0 Å². The number of carbonyl (C=O) groups is 2. The summed E-state index contributed by atoms with van der Waals surface area (Å²) < 4.78 is 26.4. The zero-order valence-corrected chi connectivity index (χ0v) is 22.2. The van der Waals surface area contributed by atoms with E-state index in [0.29, 0.717) is 22.8 Å². The summed E-state index contributed by atoms with van der Waals surface area (Å²) in [6, 6.07) is 11.8. The van der Waals surface area contributed by atoms with Crippen molar-refractivity contribution in [3.8, 4) is 0 Å². The Labute approximate surface area is 208 Å². The average molecular weight is 508 g/mol. The molecule has 0 fully saturated rings. The molecule has 0 saturated carbocycles. The first-order valence-corrected chi connectivity index (χ1v) is 13.4. The van der Waals surface area contributed by atoms with Crippen molar-refractivity contribution < 1.29 is 18.0 Å². The molecule has 9 heteroatoms. The molecule has 34 heavy (non-hydrogen) atoms. The predicted octanol–water partition coefficient (Wildman–Crippen LogP) is 3.91. The number of anilines is 1. The highest BCUT2D eigenvalue weighted by Crippen LogP contribution is 2.28. The van der Waals surface area contributed by atoms with Gasteiger partial charge in [0.1, 0.15) is 12.6 Å². The molecule has 0 bridgehead atoms. The molecule has 2 amide bonds. The van der Waals surface area contributed by atoms with Gasteiger partial charge in [-0.05, 0) is 49.9 Å². The molecule has 2 aromatic rings. The molecule has 1 N–H and O–H groups in total. The fraction of sp³-hybridized carbons (Fsp3) is 0.440. The number of sulfonamides is 1. The highest BCUT2D eigenvalue weighted by Gasteiger charge is 2.30. The van der Waals surface area contributed by atoms with Crippen LogP contribution in [0.5, 0.6) is 0 Å². The van der Waals surface area contributed by atoms with E-state index >= 15 is 0 Å². The first-order chi connectivity index (χ1) is 15.8. The Kier molecular flexibility index (Phi) is 9.53. The van der Waals surface area contributed by atoms with Gasteiger partial charge in [-0.25, -0.2) is 8.42 Å². The Morgan fingerprint density at radius 1 is 1.06 bits per heavy atom. The summed E-state index contributed by atoms with van der Waals surface area (Å²) in [5.41, 5.74) is 2.75. The zero-order chi connectivity index (χ0) is 25.6. The summed E-state index contributed by atoms with van der Waals surface area (Å²) in [4.78, 5) is 27.8. The second-order valence-corrected chi connectivity index (χ2v) is 11.3. The van der Waals surface area contributed by atoms with Crippen LogP contribution in [-0.2, 0) is 26.2 Å². The fourth-order valence-electron chi connectivity index (χ4n) is 3.50. The average Bonchev–Trinajstić information content (AvgIpc) is 2.75. The van der Waals surface area contributed by atoms with Gasteiger partial charge in [0.15, 0.2) is 0 Å². The highest BCUT2D eigenvalue weighted by atomic mass is 35.5. The summed E-state index contributed by atoms with van der Waals surface area (Å²) in [6.07, 6.45) is 1.05. The molecule has 0 aliphatic rings. The molecule has 1 unspecified atom stereocenters. The molecule has 0 saturated heterocycles. The van der Waals surface area contributed by atoms with Crippen LogP contribution in [0.25, 0.3) is 0 Å². The van der Waals surface area contributed by atoms with Gasteiger partial charge in [-0.2, -0.15) is 0 Å². The van der Waals surface area contributed by atoms with Crippen LogP contribution in [-0.4, -0.2) is 50.5 Å². The van der Waals surface area contributed by atoms with Crippen molar-refractivity contribution in [3.63, 3.8) is 0 Å². The van der Waals surface area contributed by atoms with E-state index in [2.05, 4.69) is 5.32 Å². The molecular formula is C25H34ClN3O4S. The smallest absolute Gasteiger partial charge is 0.244 e. The minimum Gasteiger partial charge on any atom is -0.354 e. The number of rotatable bonds is 10. The van der Waals surface area contributed by atoms with E-state index in [4.69, 9.17) is 11.6 Å². The van der Waals surface area contributed by atoms with Gasteiger partial charge < -0.3 is 10.2 Å². The van der Waals surface area contributed by atoms with Crippen molar-refractivity contribution in [1.82, 2.24) is 10.2 Å².